The summed E-state index contributed by atoms with van der Waals surface area (Å²) in [6.45, 7) is 0.147. The Morgan fingerprint density at radius 3 is 2.67 bits per heavy atom. The van der Waals surface area contributed by atoms with Crippen LogP contribution in [0.15, 0.2) is 71.9 Å². The zero-order valence-corrected chi connectivity index (χ0v) is 17.4. The van der Waals surface area contributed by atoms with Crippen molar-refractivity contribution in [3.63, 3.8) is 0 Å². The van der Waals surface area contributed by atoms with Gasteiger partial charge in [-0.15, -0.1) is 10.2 Å². The first kappa shape index (κ1) is 20.1. The summed E-state index contributed by atoms with van der Waals surface area (Å²) >= 11 is 7.06. The molecule has 4 rings (SSSR count). The molecule has 1 amide bonds. The number of halogens is 1. The van der Waals surface area contributed by atoms with Crippen LogP contribution >= 0.6 is 23.4 Å². The summed E-state index contributed by atoms with van der Waals surface area (Å²) in [5.41, 5.74) is 0.768. The average molecular weight is 440 g/mol. The van der Waals surface area contributed by atoms with Crippen molar-refractivity contribution in [1.82, 2.24) is 14.9 Å². The first-order chi connectivity index (χ1) is 14.6. The molecule has 3 N–H and O–H groups in total. The van der Waals surface area contributed by atoms with Gasteiger partial charge in [-0.2, -0.15) is 0 Å². The quantitative estimate of drug-likeness (QED) is 0.332. The number of rotatable bonds is 7. The number of nitrogens with zero attached hydrogens (tertiary/aromatic N) is 3. The van der Waals surface area contributed by atoms with Gasteiger partial charge in [-0.3, -0.25) is 4.79 Å². The van der Waals surface area contributed by atoms with E-state index in [1.165, 1.54) is 16.4 Å². The van der Waals surface area contributed by atoms with Crippen LogP contribution in [0.1, 0.15) is 5.82 Å². The lowest BCUT2D eigenvalue weighted by molar-refractivity contribution is -0.113. The molecule has 0 aliphatic carbocycles. The third-order valence-corrected chi connectivity index (χ3v) is 5.51. The van der Waals surface area contributed by atoms with Crippen LogP contribution in [0, 0.1) is 0 Å². The fourth-order valence-electron chi connectivity index (χ4n) is 2.83. The average Bonchev–Trinajstić information content (AvgIpc) is 3.11. The Kier molecular flexibility index (Phi) is 6.06. The normalized spacial score (nSPS) is 10.8. The van der Waals surface area contributed by atoms with Crippen molar-refractivity contribution in [2.75, 3.05) is 16.9 Å². The molecule has 0 aliphatic rings. The first-order valence-electron chi connectivity index (χ1n) is 9.08. The van der Waals surface area contributed by atoms with Crippen LogP contribution in [-0.4, -0.2) is 26.5 Å². The molecule has 1 heterocycles. The molecule has 0 atom stereocenters. The number of benzene rings is 3. The van der Waals surface area contributed by atoms with Crippen molar-refractivity contribution in [3.05, 3.63) is 77.6 Å². The minimum absolute atomic E-state index is 0.147. The number of fused-ring (bicyclic) bond motifs is 1. The van der Waals surface area contributed by atoms with E-state index in [4.69, 9.17) is 22.2 Å². The molecular formula is C21H18ClN5O2S. The second kappa shape index (κ2) is 9.06. The van der Waals surface area contributed by atoms with E-state index in [1.54, 1.807) is 24.3 Å². The Hall–Kier alpha value is -3.23. The molecule has 3 aromatic carbocycles. The number of carbonyl (C=O) groups excluding carboxylic acids is 1. The summed E-state index contributed by atoms with van der Waals surface area (Å²) < 4.78 is 6.96. The van der Waals surface area contributed by atoms with Crippen molar-refractivity contribution < 1.29 is 9.53 Å². The van der Waals surface area contributed by atoms with Gasteiger partial charge in [-0.1, -0.05) is 59.8 Å². The number of ether oxygens (including phenoxy) is 1. The van der Waals surface area contributed by atoms with Gasteiger partial charge in [0, 0.05) is 16.1 Å². The molecule has 7 nitrogen and oxygen atoms in total. The van der Waals surface area contributed by atoms with Crippen LogP contribution in [0.25, 0.3) is 10.8 Å². The molecule has 152 valence electrons. The van der Waals surface area contributed by atoms with Crippen LogP contribution in [0.5, 0.6) is 5.75 Å². The monoisotopic (exact) mass is 439 g/mol. The molecule has 0 saturated carbocycles. The number of nitrogen functional groups attached to an aromatic ring is 1. The molecule has 0 radical (unpaired) electrons. The van der Waals surface area contributed by atoms with Gasteiger partial charge >= 0.3 is 0 Å². The van der Waals surface area contributed by atoms with Crippen molar-refractivity contribution in [2.24, 2.45) is 0 Å². The Labute approximate surface area is 182 Å². The maximum absolute atomic E-state index is 12.4. The van der Waals surface area contributed by atoms with Crippen LogP contribution in [-0.2, 0) is 11.4 Å². The molecule has 9 heteroatoms. The summed E-state index contributed by atoms with van der Waals surface area (Å²) in [7, 11) is 0. The van der Waals surface area contributed by atoms with Crippen LogP contribution in [0.4, 0.5) is 5.69 Å². The highest BCUT2D eigenvalue weighted by Gasteiger charge is 2.13. The van der Waals surface area contributed by atoms with E-state index in [-0.39, 0.29) is 18.3 Å². The van der Waals surface area contributed by atoms with Gasteiger partial charge in [0.05, 0.1) is 5.75 Å². The topological polar surface area (TPSA) is 95.1 Å². The van der Waals surface area contributed by atoms with Crippen molar-refractivity contribution in [1.29, 1.82) is 0 Å². The van der Waals surface area contributed by atoms with Gasteiger partial charge in [-0.05, 0) is 35.7 Å². The number of nitrogens with two attached hydrogens (primary N) is 1. The van der Waals surface area contributed by atoms with Gasteiger partial charge in [0.25, 0.3) is 0 Å². The number of thioether (sulfide) groups is 1. The van der Waals surface area contributed by atoms with Gasteiger partial charge in [-0.25, -0.2) is 4.68 Å². The second-order valence-corrected chi connectivity index (χ2v) is 7.75. The number of amides is 1. The molecule has 30 heavy (non-hydrogen) atoms. The molecule has 0 saturated heterocycles. The van der Waals surface area contributed by atoms with Crippen molar-refractivity contribution >= 4 is 45.7 Å². The molecule has 0 bridgehead atoms. The molecule has 4 aromatic rings. The van der Waals surface area contributed by atoms with Gasteiger partial charge in [0.2, 0.25) is 11.1 Å². The van der Waals surface area contributed by atoms with Crippen molar-refractivity contribution in [2.45, 2.75) is 11.8 Å². The van der Waals surface area contributed by atoms with Crippen LogP contribution < -0.4 is 15.9 Å². The second-order valence-electron chi connectivity index (χ2n) is 6.37. The molecular weight excluding hydrogens is 422 g/mol. The maximum Gasteiger partial charge on any atom is 0.234 e. The van der Waals surface area contributed by atoms with E-state index in [9.17, 15) is 4.79 Å². The number of hydrogen-bond acceptors (Lipinski definition) is 6. The first-order valence-corrected chi connectivity index (χ1v) is 10.4. The van der Waals surface area contributed by atoms with Crippen LogP contribution in [0.3, 0.4) is 0 Å². The highest BCUT2D eigenvalue weighted by molar-refractivity contribution is 7.99. The third-order valence-electron chi connectivity index (χ3n) is 4.31. The lowest BCUT2D eigenvalue weighted by atomic mass is 10.1. The molecule has 0 fully saturated rings. The number of anilines is 1. The summed E-state index contributed by atoms with van der Waals surface area (Å²) in [5, 5.41) is 14.1. The highest BCUT2D eigenvalue weighted by Crippen LogP contribution is 2.24. The summed E-state index contributed by atoms with van der Waals surface area (Å²) in [5.74, 6) is 7.13. The van der Waals surface area contributed by atoms with E-state index in [2.05, 4.69) is 15.5 Å². The summed E-state index contributed by atoms with van der Waals surface area (Å²) in [4.78, 5) is 12.4. The van der Waals surface area contributed by atoms with E-state index < -0.39 is 0 Å². The summed E-state index contributed by atoms with van der Waals surface area (Å²) in [6, 6.07) is 20.7. The predicted molar refractivity (Wildman–Crippen MR) is 119 cm³/mol. The lowest BCUT2D eigenvalue weighted by Gasteiger charge is -2.09. The highest BCUT2D eigenvalue weighted by atomic mass is 35.5. The zero-order chi connectivity index (χ0) is 20.9. The van der Waals surface area contributed by atoms with Gasteiger partial charge in [0.1, 0.15) is 12.4 Å². The van der Waals surface area contributed by atoms with E-state index in [0.29, 0.717) is 21.8 Å². The molecule has 1 aromatic heterocycles. The maximum atomic E-state index is 12.4. The fourth-order valence-corrected chi connectivity index (χ4v) is 3.63. The van der Waals surface area contributed by atoms with Crippen LogP contribution in [0.2, 0.25) is 5.02 Å². The minimum atomic E-state index is -0.154. The fraction of sp³-hybridized carbons (Fsp3) is 0.0952. The Balaban J connectivity index is 1.34. The number of nitrogens with one attached hydrogen (secondary N) is 1. The predicted octanol–water partition coefficient (Wildman–Crippen LogP) is 4.11. The third kappa shape index (κ3) is 4.67. The van der Waals surface area contributed by atoms with Crippen molar-refractivity contribution in [3.8, 4) is 5.75 Å². The van der Waals surface area contributed by atoms with Gasteiger partial charge in [0.15, 0.2) is 5.82 Å². The largest absolute Gasteiger partial charge is 0.486 e. The Morgan fingerprint density at radius 1 is 1.07 bits per heavy atom. The summed E-state index contributed by atoms with van der Waals surface area (Å²) in [6.07, 6.45) is 0. The Morgan fingerprint density at radius 2 is 1.83 bits per heavy atom. The lowest BCUT2D eigenvalue weighted by Crippen LogP contribution is -2.18. The van der Waals surface area contributed by atoms with E-state index in [0.717, 1.165) is 16.5 Å². The zero-order valence-electron chi connectivity index (χ0n) is 15.8. The van der Waals surface area contributed by atoms with Gasteiger partial charge < -0.3 is 15.9 Å². The SMILES string of the molecule is Nn1c(COc2ccc(Cl)cc2)nnc1SCC(=O)Nc1cccc2ccccc12. The van der Waals surface area contributed by atoms with E-state index >= 15 is 0 Å². The molecule has 0 aliphatic heterocycles. The number of aromatic nitrogens is 3. The Bertz CT molecular complexity index is 1170. The smallest absolute Gasteiger partial charge is 0.234 e. The number of hydrogen-bond donors (Lipinski definition) is 2. The van der Waals surface area contributed by atoms with E-state index in [1.807, 2.05) is 42.5 Å². The molecule has 0 spiro atoms. The number of carbonyl (C=O) groups is 1. The standard InChI is InChI=1S/C21H18ClN5O2S/c22-15-8-10-16(11-9-15)29-12-19-25-26-21(27(19)23)30-13-20(28)24-18-7-3-5-14-4-1-2-6-17(14)18/h1-11H,12-13,23H2,(H,24,28). The minimum Gasteiger partial charge on any atom is -0.486 e. The molecule has 0 unspecified atom stereocenters.